The van der Waals surface area contributed by atoms with Crippen LogP contribution >= 0.6 is 0 Å². The molecule has 0 bridgehead atoms. The van der Waals surface area contributed by atoms with Gasteiger partial charge in [-0.05, 0) is 29.5 Å². The van der Waals surface area contributed by atoms with Crippen molar-refractivity contribution in [3.05, 3.63) is 29.3 Å². The number of hydroxylamine groups is 1. The van der Waals surface area contributed by atoms with Crippen molar-refractivity contribution in [3.63, 3.8) is 0 Å². The van der Waals surface area contributed by atoms with Gasteiger partial charge >= 0.3 is 0 Å². The molecule has 0 spiro atoms. The Balaban J connectivity index is 2.36. The van der Waals surface area contributed by atoms with Crippen LogP contribution in [0.2, 0.25) is 0 Å². The van der Waals surface area contributed by atoms with Crippen LogP contribution in [0.3, 0.4) is 0 Å². The van der Waals surface area contributed by atoms with Crippen LogP contribution in [-0.2, 0) is 10.3 Å². The lowest BCUT2D eigenvalue weighted by Gasteiger charge is -2.29. The Bertz CT molecular complexity index is 415. The lowest BCUT2D eigenvalue weighted by atomic mass is 9.80. The molecule has 1 heterocycles. The molecule has 1 unspecified atom stereocenters. The second-order valence-electron chi connectivity index (χ2n) is 5.50. The van der Waals surface area contributed by atoms with Crippen LogP contribution in [0.15, 0.2) is 18.2 Å². The van der Waals surface area contributed by atoms with E-state index in [1.54, 1.807) is 7.11 Å². The SMILES string of the molecule is CCC(C)(C)c1ccc2c(c1)C(NOC)CCO2. The summed E-state index contributed by atoms with van der Waals surface area (Å²) >= 11 is 0. The summed E-state index contributed by atoms with van der Waals surface area (Å²) in [4.78, 5) is 5.08. The molecule has 3 heteroatoms. The fraction of sp³-hybridized carbons (Fsp3) is 0.600. The summed E-state index contributed by atoms with van der Waals surface area (Å²) in [5.74, 6) is 0.978. The molecule has 2 rings (SSSR count). The second kappa shape index (κ2) is 5.29. The maximum Gasteiger partial charge on any atom is 0.124 e. The number of hydrogen-bond acceptors (Lipinski definition) is 3. The average molecular weight is 249 g/mol. The van der Waals surface area contributed by atoms with Gasteiger partial charge in [-0.25, -0.2) is 0 Å². The van der Waals surface area contributed by atoms with Gasteiger partial charge in [0.25, 0.3) is 0 Å². The molecule has 0 aliphatic carbocycles. The zero-order chi connectivity index (χ0) is 13.2. The fourth-order valence-electron chi connectivity index (χ4n) is 2.28. The quantitative estimate of drug-likeness (QED) is 0.830. The first kappa shape index (κ1) is 13.4. The molecule has 0 fully saturated rings. The molecule has 0 radical (unpaired) electrons. The minimum absolute atomic E-state index is 0.199. The fourth-order valence-corrected chi connectivity index (χ4v) is 2.28. The van der Waals surface area contributed by atoms with Crippen LogP contribution in [-0.4, -0.2) is 13.7 Å². The van der Waals surface area contributed by atoms with Crippen molar-refractivity contribution in [1.82, 2.24) is 5.48 Å². The Morgan fingerprint density at radius 2 is 2.22 bits per heavy atom. The van der Waals surface area contributed by atoms with E-state index in [2.05, 4.69) is 44.5 Å². The zero-order valence-electron chi connectivity index (χ0n) is 11.7. The van der Waals surface area contributed by atoms with E-state index in [1.807, 2.05) is 0 Å². The minimum Gasteiger partial charge on any atom is -0.493 e. The highest BCUT2D eigenvalue weighted by Gasteiger charge is 2.25. The molecule has 18 heavy (non-hydrogen) atoms. The van der Waals surface area contributed by atoms with E-state index in [0.717, 1.165) is 25.2 Å². The Kier molecular flexibility index (Phi) is 3.93. The van der Waals surface area contributed by atoms with Gasteiger partial charge in [0.2, 0.25) is 0 Å². The highest BCUT2D eigenvalue weighted by molar-refractivity contribution is 5.42. The molecule has 0 saturated heterocycles. The summed E-state index contributed by atoms with van der Waals surface area (Å²) in [6, 6.07) is 6.75. The number of ether oxygens (including phenoxy) is 1. The number of benzene rings is 1. The van der Waals surface area contributed by atoms with E-state index in [1.165, 1.54) is 11.1 Å². The third kappa shape index (κ3) is 2.52. The number of nitrogens with one attached hydrogen (secondary N) is 1. The predicted molar refractivity (Wildman–Crippen MR) is 72.8 cm³/mol. The van der Waals surface area contributed by atoms with Crippen molar-refractivity contribution in [2.24, 2.45) is 0 Å². The van der Waals surface area contributed by atoms with Crippen LogP contribution < -0.4 is 10.2 Å². The molecule has 0 aromatic heterocycles. The summed E-state index contributed by atoms with van der Waals surface area (Å²) in [5.41, 5.74) is 5.82. The standard InChI is InChI=1S/C15H23NO2/c1-5-15(2,3)11-6-7-14-12(10-11)13(16-17-4)8-9-18-14/h6-7,10,13,16H,5,8-9H2,1-4H3. The molecule has 1 atom stereocenters. The maximum atomic E-state index is 5.71. The third-order valence-electron chi connectivity index (χ3n) is 3.97. The summed E-state index contributed by atoms with van der Waals surface area (Å²) < 4.78 is 5.71. The van der Waals surface area contributed by atoms with E-state index < -0.39 is 0 Å². The van der Waals surface area contributed by atoms with Crippen LogP contribution in [0, 0.1) is 0 Å². The van der Waals surface area contributed by atoms with E-state index >= 15 is 0 Å². The lowest BCUT2D eigenvalue weighted by Crippen LogP contribution is -2.27. The van der Waals surface area contributed by atoms with Crippen LogP contribution in [0.4, 0.5) is 0 Å². The summed E-state index contributed by atoms with van der Waals surface area (Å²) in [5, 5.41) is 0. The Labute approximate surface area is 109 Å². The van der Waals surface area contributed by atoms with Crippen molar-refractivity contribution in [2.75, 3.05) is 13.7 Å². The number of rotatable bonds is 4. The number of hydrogen-bond donors (Lipinski definition) is 1. The molecule has 0 amide bonds. The van der Waals surface area contributed by atoms with Crippen molar-refractivity contribution in [1.29, 1.82) is 0 Å². The Hall–Kier alpha value is -1.06. The first-order chi connectivity index (χ1) is 8.58. The molecule has 1 aromatic rings. The molecule has 0 saturated carbocycles. The molecular formula is C15H23NO2. The van der Waals surface area contributed by atoms with Crippen LogP contribution in [0.25, 0.3) is 0 Å². The topological polar surface area (TPSA) is 30.5 Å². The molecule has 1 N–H and O–H groups in total. The number of fused-ring (bicyclic) bond motifs is 1. The first-order valence-electron chi connectivity index (χ1n) is 6.64. The maximum absolute atomic E-state index is 5.71. The largest absolute Gasteiger partial charge is 0.493 e. The molecular weight excluding hydrogens is 226 g/mol. The van der Waals surface area contributed by atoms with Gasteiger partial charge in [-0.1, -0.05) is 26.8 Å². The van der Waals surface area contributed by atoms with E-state index in [0.29, 0.717) is 0 Å². The van der Waals surface area contributed by atoms with Gasteiger partial charge in [0.15, 0.2) is 0 Å². The average Bonchev–Trinajstić information content (AvgIpc) is 2.39. The highest BCUT2D eigenvalue weighted by Crippen LogP contribution is 2.36. The molecule has 100 valence electrons. The molecule has 1 aliphatic heterocycles. The first-order valence-corrected chi connectivity index (χ1v) is 6.64. The monoisotopic (exact) mass is 249 g/mol. The van der Waals surface area contributed by atoms with Crippen molar-refractivity contribution in [3.8, 4) is 5.75 Å². The minimum atomic E-state index is 0.199. The third-order valence-corrected chi connectivity index (χ3v) is 3.97. The Morgan fingerprint density at radius 3 is 2.89 bits per heavy atom. The smallest absolute Gasteiger partial charge is 0.124 e. The van der Waals surface area contributed by atoms with Gasteiger partial charge in [-0.2, -0.15) is 5.48 Å². The highest BCUT2D eigenvalue weighted by atomic mass is 16.6. The van der Waals surface area contributed by atoms with Gasteiger partial charge in [-0.15, -0.1) is 0 Å². The van der Waals surface area contributed by atoms with Crippen LogP contribution in [0.1, 0.15) is 50.8 Å². The van der Waals surface area contributed by atoms with E-state index in [-0.39, 0.29) is 11.5 Å². The zero-order valence-corrected chi connectivity index (χ0v) is 11.7. The summed E-state index contributed by atoms with van der Waals surface area (Å²) in [6.45, 7) is 7.51. The molecule has 3 nitrogen and oxygen atoms in total. The van der Waals surface area contributed by atoms with Crippen LogP contribution in [0.5, 0.6) is 5.75 Å². The van der Waals surface area contributed by atoms with E-state index in [9.17, 15) is 0 Å². The van der Waals surface area contributed by atoms with Crippen molar-refractivity contribution < 1.29 is 9.57 Å². The summed E-state index contributed by atoms with van der Waals surface area (Å²) in [6.07, 6.45) is 2.06. The van der Waals surface area contributed by atoms with Gasteiger partial charge in [-0.3, -0.25) is 0 Å². The van der Waals surface area contributed by atoms with Gasteiger partial charge in [0, 0.05) is 12.0 Å². The molecule has 1 aromatic carbocycles. The van der Waals surface area contributed by atoms with Gasteiger partial charge < -0.3 is 9.57 Å². The van der Waals surface area contributed by atoms with Crippen molar-refractivity contribution in [2.45, 2.75) is 45.1 Å². The normalized spacial score (nSPS) is 19.2. The second-order valence-corrected chi connectivity index (χ2v) is 5.50. The van der Waals surface area contributed by atoms with Gasteiger partial charge in [0.1, 0.15) is 5.75 Å². The van der Waals surface area contributed by atoms with E-state index in [4.69, 9.17) is 9.57 Å². The Morgan fingerprint density at radius 1 is 1.44 bits per heavy atom. The molecule has 1 aliphatic rings. The van der Waals surface area contributed by atoms with Crippen molar-refractivity contribution >= 4 is 0 Å². The van der Waals surface area contributed by atoms with Gasteiger partial charge in [0.05, 0.1) is 19.8 Å². The lowest BCUT2D eigenvalue weighted by molar-refractivity contribution is 0.0462. The predicted octanol–water partition coefficient (Wildman–Crippen LogP) is 3.35. The summed E-state index contributed by atoms with van der Waals surface area (Å²) in [7, 11) is 1.66.